The predicted octanol–water partition coefficient (Wildman–Crippen LogP) is 8.28. The number of halogens is 2. The SMILES string of the molecule is CCC1CN([C@H]2CCc3cc(-c4cccc(-c5cccc(-c6cc7c(c(OC)n6)[C@@H](N6CC8(CN(C(C)=O)C8)C6)CC7)c5Cl)c4Cl)nc(OC)c32)C1. The van der Waals surface area contributed by atoms with Crippen molar-refractivity contribution in [1.29, 1.82) is 0 Å². The van der Waals surface area contributed by atoms with Crippen LogP contribution in [0.3, 0.4) is 0 Å². The fourth-order valence-electron chi connectivity index (χ4n) is 9.70. The van der Waals surface area contributed by atoms with Crippen molar-refractivity contribution in [2.24, 2.45) is 11.3 Å². The van der Waals surface area contributed by atoms with Crippen LogP contribution in [-0.2, 0) is 17.6 Å². The van der Waals surface area contributed by atoms with Crippen molar-refractivity contribution in [2.45, 2.75) is 58.0 Å². The lowest BCUT2D eigenvalue weighted by atomic mass is 9.72. The number of carbonyl (C=O) groups excluding carboxylic acids is 1. The fraction of sp³-hybridized carbons (Fsp3) is 0.452. The van der Waals surface area contributed by atoms with Gasteiger partial charge in [0.15, 0.2) is 0 Å². The minimum absolute atomic E-state index is 0.170. The minimum atomic E-state index is 0.170. The number of amides is 1. The molecule has 1 spiro atoms. The molecule has 3 fully saturated rings. The van der Waals surface area contributed by atoms with Gasteiger partial charge in [0.1, 0.15) is 0 Å². The van der Waals surface area contributed by atoms with Crippen molar-refractivity contribution >= 4 is 29.1 Å². The number of aromatic nitrogens is 2. The van der Waals surface area contributed by atoms with Crippen LogP contribution in [0.1, 0.15) is 67.4 Å². The lowest BCUT2D eigenvalue weighted by Crippen LogP contribution is -2.72. The molecule has 3 aliphatic heterocycles. The van der Waals surface area contributed by atoms with Gasteiger partial charge in [-0.15, -0.1) is 0 Å². The van der Waals surface area contributed by atoms with Gasteiger partial charge in [-0.2, -0.15) is 0 Å². The zero-order chi connectivity index (χ0) is 35.9. The summed E-state index contributed by atoms with van der Waals surface area (Å²) in [5, 5.41) is 1.20. The highest BCUT2D eigenvalue weighted by molar-refractivity contribution is 6.39. The smallest absolute Gasteiger partial charge is 0.219 e. The summed E-state index contributed by atoms with van der Waals surface area (Å²) in [4.78, 5) is 28.9. The highest BCUT2D eigenvalue weighted by atomic mass is 35.5. The summed E-state index contributed by atoms with van der Waals surface area (Å²) in [5.41, 5.74) is 10.2. The number of nitrogens with zero attached hydrogens (tertiary/aromatic N) is 5. The molecule has 4 aromatic rings. The minimum Gasteiger partial charge on any atom is -0.481 e. The van der Waals surface area contributed by atoms with Crippen molar-refractivity contribution in [3.63, 3.8) is 0 Å². The first-order chi connectivity index (χ1) is 25.2. The number of pyridine rings is 2. The number of benzene rings is 2. The molecule has 2 aliphatic carbocycles. The maximum Gasteiger partial charge on any atom is 0.219 e. The van der Waals surface area contributed by atoms with Gasteiger partial charge in [-0.1, -0.05) is 72.9 Å². The van der Waals surface area contributed by atoms with Crippen LogP contribution in [0, 0.1) is 11.3 Å². The first-order valence-corrected chi connectivity index (χ1v) is 19.4. The Labute approximate surface area is 316 Å². The maximum atomic E-state index is 11.8. The van der Waals surface area contributed by atoms with Gasteiger partial charge in [0.05, 0.1) is 35.7 Å². The summed E-state index contributed by atoms with van der Waals surface area (Å²) in [6, 6.07) is 17.1. The van der Waals surface area contributed by atoms with Crippen LogP contribution in [0.5, 0.6) is 11.8 Å². The molecule has 1 amide bonds. The van der Waals surface area contributed by atoms with Crippen LogP contribution in [0.15, 0.2) is 48.5 Å². The molecule has 270 valence electrons. The Bertz CT molecular complexity index is 2080. The first kappa shape index (κ1) is 34.1. The van der Waals surface area contributed by atoms with E-state index in [1.165, 1.54) is 28.7 Å². The number of aryl methyl sites for hydroxylation is 2. The Morgan fingerprint density at radius 2 is 1.25 bits per heavy atom. The zero-order valence-electron chi connectivity index (χ0n) is 30.3. The summed E-state index contributed by atoms with van der Waals surface area (Å²) < 4.78 is 11.9. The third-order valence-electron chi connectivity index (χ3n) is 12.5. The summed E-state index contributed by atoms with van der Waals surface area (Å²) >= 11 is 14.6. The van der Waals surface area contributed by atoms with Crippen molar-refractivity contribution < 1.29 is 14.3 Å². The van der Waals surface area contributed by atoms with Crippen molar-refractivity contribution in [3.05, 3.63) is 80.8 Å². The van der Waals surface area contributed by atoms with E-state index in [-0.39, 0.29) is 17.4 Å². The summed E-state index contributed by atoms with van der Waals surface area (Å²) in [6.45, 7) is 9.98. The average Bonchev–Trinajstić information content (AvgIpc) is 3.71. The van der Waals surface area contributed by atoms with Gasteiger partial charge in [-0.3, -0.25) is 14.6 Å². The third kappa shape index (κ3) is 5.43. The molecular weight excluding hydrogens is 693 g/mol. The van der Waals surface area contributed by atoms with Gasteiger partial charge in [0.2, 0.25) is 17.7 Å². The normalized spacial score (nSPS) is 22.1. The second kappa shape index (κ2) is 13.0. The van der Waals surface area contributed by atoms with Crippen molar-refractivity contribution in [3.8, 4) is 45.4 Å². The van der Waals surface area contributed by atoms with E-state index in [1.54, 1.807) is 21.1 Å². The van der Waals surface area contributed by atoms with Crippen LogP contribution >= 0.6 is 23.2 Å². The van der Waals surface area contributed by atoms with Crippen LogP contribution < -0.4 is 9.47 Å². The molecule has 2 aromatic heterocycles. The van der Waals surface area contributed by atoms with Crippen molar-refractivity contribution in [2.75, 3.05) is 53.5 Å². The van der Waals surface area contributed by atoms with Crippen molar-refractivity contribution in [1.82, 2.24) is 24.7 Å². The van der Waals surface area contributed by atoms with Crippen LogP contribution in [0.4, 0.5) is 0 Å². The van der Waals surface area contributed by atoms with Gasteiger partial charge < -0.3 is 14.4 Å². The average molecular weight is 739 g/mol. The number of carbonyl (C=O) groups is 1. The third-order valence-corrected chi connectivity index (χ3v) is 13.3. The van der Waals surface area contributed by atoms with Crippen LogP contribution in [0.2, 0.25) is 10.0 Å². The zero-order valence-corrected chi connectivity index (χ0v) is 31.9. The molecular formula is C42H45Cl2N5O3. The van der Waals surface area contributed by atoms with Crippen LogP contribution in [0.25, 0.3) is 33.6 Å². The maximum absolute atomic E-state index is 11.8. The molecule has 0 radical (unpaired) electrons. The van der Waals surface area contributed by atoms with Gasteiger partial charge in [-0.25, -0.2) is 9.97 Å². The van der Waals surface area contributed by atoms with E-state index in [4.69, 9.17) is 42.6 Å². The fourth-order valence-corrected chi connectivity index (χ4v) is 10.4. The lowest BCUT2D eigenvalue weighted by molar-refractivity contribution is -0.161. The van der Waals surface area contributed by atoms with E-state index in [0.717, 1.165) is 105 Å². The molecule has 3 saturated heterocycles. The molecule has 0 saturated carbocycles. The molecule has 9 rings (SSSR count). The van der Waals surface area contributed by atoms with E-state index >= 15 is 0 Å². The number of methoxy groups -OCH3 is 2. The van der Waals surface area contributed by atoms with E-state index in [1.807, 2.05) is 41.3 Å². The number of rotatable bonds is 8. The molecule has 8 nitrogen and oxygen atoms in total. The van der Waals surface area contributed by atoms with Gasteiger partial charge in [-0.05, 0) is 54.9 Å². The topological polar surface area (TPSA) is 71.0 Å². The Morgan fingerprint density at radius 1 is 0.769 bits per heavy atom. The number of likely N-dealkylation sites (tertiary alicyclic amines) is 3. The molecule has 2 atom stereocenters. The second-order valence-corrected chi connectivity index (χ2v) is 16.4. The lowest BCUT2D eigenvalue weighted by Gasteiger charge is -2.61. The molecule has 10 heteroatoms. The highest BCUT2D eigenvalue weighted by Crippen LogP contribution is 2.51. The van der Waals surface area contributed by atoms with Gasteiger partial charge in [0.25, 0.3) is 0 Å². The van der Waals surface area contributed by atoms with Gasteiger partial charge in [0, 0.05) is 97.1 Å². The molecule has 52 heavy (non-hydrogen) atoms. The standard InChI is InChI=1S/C42H45Cl2N5O3/c1-5-25-18-47(19-25)34-14-12-26-16-32(45-40(51-3)36(26)34)30-10-6-8-28(38(30)43)29-9-7-11-31(39(29)44)33-17-27-13-15-35(37(27)41(46-33)52-4)49-22-42(23-49)20-48(21-42)24(2)50/h6-11,16-17,25,34-35H,5,12-15,18-23H2,1-4H3/t34-,35-/m0/s1. The monoisotopic (exact) mass is 737 g/mol. The first-order valence-electron chi connectivity index (χ1n) is 18.7. The second-order valence-electron chi connectivity index (χ2n) is 15.6. The van der Waals surface area contributed by atoms with E-state index in [0.29, 0.717) is 27.8 Å². The quantitative estimate of drug-likeness (QED) is 0.180. The molecule has 0 bridgehead atoms. The largest absolute Gasteiger partial charge is 0.481 e. The Balaban J connectivity index is 1.00. The van der Waals surface area contributed by atoms with E-state index in [9.17, 15) is 4.79 Å². The molecule has 5 heterocycles. The molecule has 5 aliphatic rings. The van der Waals surface area contributed by atoms with Crippen LogP contribution in [-0.4, -0.2) is 84.1 Å². The summed E-state index contributed by atoms with van der Waals surface area (Å²) in [5.74, 6) is 2.32. The molecule has 0 N–H and O–H groups in total. The summed E-state index contributed by atoms with van der Waals surface area (Å²) in [7, 11) is 3.42. The number of ether oxygens (including phenoxy) is 2. The number of hydrogen-bond acceptors (Lipinski definition) is 7. The number of fused-ring (bicyclic) bond motifs is 2. The Morgan fingerprint density at radius 3 is 1.71 bits per heavy atom. The Hall–Kier alpha value is -3.69. The predicted molar refractivity (Wildman–Crippen MR) is 205 cm³/mol. The number of hydrogen-bond donors (Lipinski definition) is 0. The summed E-state index contributed by atoms with van der Waals surface area (Å²) in [6.07, 6.45) is 5.30. The molecule has 0 unspecified atom stereocenters. The Kier molecular flexibility index (Phi) is 8.53. The van der Waals surface area contributed by atoms with E-state index in [2.05, 4.69) is 28.9 Å². The van der Waals surface area contributed by atoms with E-state index < -0.39 is 0 Å². The highest BCUT2D eigenvalue weighted by Gasteiger charge is 2.55. The molecule has 2 aromatic carbocycles. The van der Waals surface area contributed by atoms with Gasteiger partial charge >= 0.3 is 0 Å².